The molecule has 1 aromatic rings. The summed E-state index contributed by atoms with van der Waals surface area (Å²) in [6, 6.07) is 2.31. The molecule has 1 heterocycles. The first-order valence-corrected chi connectivity index (χ1v) is 3.02. The Bertz CT molecular complexity index is 242. The van der Waals surface area contributed by atoms with E-state index in [2.05, 4.69) is 11.2 Å². The number of hydrogen-bond acceptors (Lipinski definition) is 1. The quantitative estimate of drug-likeness (QED) is 0.650. The zero-order valence-electron chi connectivity index (χ0n) is 5.19. The fourth-order valence-electron chi connectivity index (χ4n) is 0.557. The third-order valence-corrected chi connectivity index (χ3v) is 1.24. The molecule has 0 unspecified atom stereocenters. The lowest BCUT2D eigenvalue weighted by molar-refractivity contribution is -0.142. The van der Waals surface area contributed by atoms with Gasteiger partial charge >= 0.3 is 6.18 Å². The number of alkyl halides is 3. The molecule has 61 valence electrons. The van der Waals surface area contributed by atoms with Gasteiger partial charge in [-0.2, -0.15) is 18.3 Å². The molecule has 0 atom stereocenters. The van der Waals surface area contributed by atoms with E-state index in [9.17, 15) is 13.2 Å². The standard InChI is InChI=1S/C5H3ClF3N2/c6-4-1-2-10-11(4)3-5(7,8)9/h2H,3H2. The highest BCUT2D eigenvalue weighted by Crippen LogP contribution is 2.19. The van der Waals surface area contributed by atoms with Gasteiger partial charge in [0, 0.05) is 6.07 Å². The van der Waals surface area contributed by atoms with Gasteiger partial charge < -0.3 is 0 Å². The highest BCUT2D eigenvalue weighted by atomic mass is 35.5. The fraction of sp³-hybridized carbons (Fsp3) is 0.400. The summed E-state index contributed by atoms with van der Waals surface area (Å²) < 4.78 is 35.6. The Hall–Kier alpha value is -0.710. The highest BCUT2D eigenvalue weighted by molar-refractivity contribution is 6.29. The number of hydrogen-bond donors (Lipinski definition) is 0. The normalized spacial score (nSPS) is 12.0. The number of halogens is 4. The summed E-state index contributed by atoms with van der Waals surface area (Å²) in [5, 5.41) is 3.17. The second-order valence-corrected chi connectivity index (χ2v) is 2.21. The predicted molar refractivity (Wildman–Crippen MR) is 32.1 cm³/mol. The van der Waals surface area contributed by atoms with Crippen LogP contribution in [0, 0.1) is 6.07 Å². The summed E-state index contributed by atoms with van der Waals surface area (Å²) in [6.45, 7) is -1.17. The number of aromatic nitrogens is 2. The van der Waals surface area contributed by atoms with Crippen LogP contribution in [0.5, 0.6) is 0 Å². The van der Waals surface area contributed by atoms with Crippen molar-refractivity contribution in [3.8, 4) is 0 Å². The second-order valence-electron chi connectivity index (χ2n) is 1.85. The first-order valence-electron chi connectivity index (χ1n) is 2.65. The Morgan fingerprint density at radius 3 is 2.64 bits per heavy atom. The van der Waals surface area contributed by atoms with E-state index in [0.29, 0.717) is 4.68 Å². The van der Waals surface area contributed by atoms with Gasteiger partial charge in [0.15, 0.2) is 0 Å². The second kappa shape index (κ2) is 2.73. The van der Waals surface area contributed by atoms with Gasteiger partial charge in [-0.1, -0.05) is 11.6 Å². The van der Waals surface area contributed by atoms with E-state index in [1.165, 1.54) is 0 Å². The Kier molecular flexibility index (Phi) is 2.08. The van der Waals surface area contributed by atoms with Gasteiger partial charge in [0.25, 0.3) is 0 Å². The van der Waals surface area contributed by atoms with Crippen LogP contribution in [-0.4, -0.2) is 16.0 Å². The average molecular weight is 184 g/mol. The molecule has 0 aliphatic carbocycles. The molecule has 0 N–H and O–H groups in total. The summed E-state index contributed by atoms with van der Waals surface area (Å²) in [5.41, 5.74) is 0. The van der Waals surface area contributed by atoms with Crippen LogP contribution >= 0.6 is 11.6 Å². The third kappa shape index (κ3) is 2.42. The maximum atomic E-state index is 11.7. The van der Waals surface area contributed by atoms with E-state index in [0.717, 1.165) is 6.20 Å². The van der Waals surface area contributed by atoms with Gasteiger partial charge in [0.05, 0.1) is 6.20 Å². The van der Waals surface area contributed by atoms with Crippen molar-refractivity contribution in [2.24, 2.45) is 0 Å². The minimum Gasteiger partial charge on any atom is -0.244 e. The van der Waals surface area contributed by atoms with E-state index in [-0.39, 0.29) is 5.15 Å². The molecule has 1 radical (unpaired) electrons. The molecule has 0 saturated carbocycles. The summed E-state index contributed by atoms with van der Waals surface area (Å²) in [5.74, 6) is 0. The van der Waals surface area contributed by atoms with E-state index in [1.807, 2.05) is 0 Å². The monoisotopic (exact) mass is 183 g/mol. The highest BCUT2D eigenvalue weighted by Gasteiger charge is 2.29. The molecule has 1 aromatic heterocycles. The summed E-state index contributed by atoms with van der Waals surface area (Å²) in [6.07, 6.45) is -3.20. The van der Waals surface area contributed by atoms with E-state index in [1.54, 1.807) is 0 Å². The molecule has 6 heteroatoms. The van der Waals surface area contributed by atoms with Gasteiger partial charge in [-0.05, 0) is 0 Å². The Morgan fingerprint density at radius 2 is 2.27 bits per heavy atom. The molecule has 0 aromatic carbocycles. The van der Waals surface area contributed by atoms with Crippen LogP contribution in [0.4, 0.5) is 13.2 Å². The zero-order valence-corrected chi connectivity index (χ0v) is 5.95. The van der Waals surface area contributed by atoms with E-state index < -0.39 is 12.7 Å². The number of nitrogens with zero attached hydrogens (tertiary/aromatic N) is 2. The SMILES string of the molecule is FC(F)(F)Cn1nc[c]c1Cl. The Labute approximate surface area is 65.6 Å². The lowest BCUT2D eigenvalue weighted by atomic mass is 10.6. The van der Waals surface area contributed by atoms with Crippen molar-refractivity contribution in [3.05, 3.63) is 17.4 Å². The van der Waals surface area contributed by atoms with Crippen LogP contribution in [-0.2, 0) is 6.54 Å². The minimum atomic E-state index is -4.29. The molecule has 0 saturated heterocycles. The van der Waals surface area contributed by atoms with Crippen LogP contribution in [0.25, 0.3) is 0 Å². The molecule has 11 heavy (non-hydrogen) atoms. The van der Waals surface area contributed by atoms with Gasteiger partial charge in [-0.3, -0.25) is 0 Å². The van der Waals surface area contributed by atoms with Crippen molar-refractivity contribution in [2.75, 3.05) is 0 Å². The van der Waals surface area contributed by atoms with Crippen molar-refractivity contribution >= 4 is 11.6 Å². The van der Waals surface area contributed by atoms with Crippen molar-refractivity contribution < 1.29 is 13.2 Å². The molecule has 1 rings (SSSR count). The van der Waals surface area contributed by atoms with Crippen molar-refractivity contribution in [2.45, 2.75) is 12.7 Å². The Morgan fingerprint density at radius 1 is 1.64 bits per heavy atom. The van der Waals surface area contributed by atoms with Gasteiger partial charge in [0.2, 0.25) is 0 Å². The molecule has 0 aliphatic rings. The van der Waals surface area contributed by atoms with Crippen molar-refractivity contribution in [1.82, 2.24) is 9.78 Å². The molecule has 0 spiro atoms. The molecular weight excluding hydrogens is 181 g/mol. The Balaban J connectivity index is 2.72. The summed E-state index contributed by atoms with van der Waals surface area (Å²) >= 11 is 5.29. The van der Waals surface area contributed by atoms with Gasteiger partial charge in [-0.25, -0.2) is 4.68 Å². The van der Waals surface area contributed by atoms with Crippen LogP contribution in [0.1, 0.15) is 0 Å². The summed E-state index contributed by atoms with van der Waals surface area (Å²) in [7, 11) is 0. The van der Waals surface area contributed by atoms with Gasteiger partial charge in [-0.15, -0.1) is 0 Å². The number of rotatable bonds is 1. The van der Waals surface area contributed by atoms with E-state index >= 15 is 0 Å². The van der Waals surface area contributed by atoms with E-state index in [4.69, 9.17) is 11.6 Å². The van der Waals surface area contributed by atoms with Crippen molar-refractivity contribution in [3.63, 3.8) is 0 Å². The molecule has 0 aliphatic heterocycles. The zero-order chi connectivity index (χ0) is 8.48. The molecule has 0 amide bonds. The molecular formula is C5H3ClF3N2. The first-order chi connectivity index (χ1) is 4.99. The predicted octanol–water partition coefficient (Wildman–Crippen LogP) is 1.90. The van der Waals surface area contributed by atoms with Crippen LogP contribution in [0.2, 0.25) is 5.15 Å². The molecule has 0 bridgehead atoms. The van der Waals surface area contributed by atoms with Crippen molar-refractivity contribution in [1.29, 1.82) is 0 Å². The minimum absolute atomic E-state index is 0.137. The fourth-order valence-corrected chi connectivity index (χ4v) is 0.709. The maximum absolute atomic E-state index is 11.7. The maximum Gasteiger partial charge on any atom is 0.408 e. The van der Waals surface area contributed by atoms with Gasteiger partial charge in [0.1, 0.15) is 11.7 Å². The lowest BCUT2D eigenvalue weighted by Crippen LogP contribution is -2.18. The molecule has 0 fully saturated rings. The third-order valence-electron chi connectivity index (χ3n) is 0.936. The van der Waals surface area contributed by atoms with Crippen LogP contribution < -0.4 is 0 Å². The topological polar surface area (TPSA) is 17.8 Å². The largest absolute Gasteiger partial charge is 0.408 e. The van der Waals surface area contributed by atoms with Crippen LogP contribution in [0.3, 0.4) is 0 Å². The van der Waals surface area contributed by atoms with Crippen LogP contribution in [0.15, 0.2) is 6.20 Å². The smallest absolute Gasteiger partial charge is 0.244 e. The lowest BCUT2D eigenvalue weighted by Gasteiger charge is -2.05. The molecule has 2 nitrogen and oxygen atoms in total. The summed E-state index contributed by atoms with van der Waals surface area (Å²) in [4.78, 5) is 0. The average Bonchev–Trinajstić information content (AvgIpc) is 2.12. The first kappa shape index (κ1) is 8.39.